The van der Waals surface area contributed by atoms with Gasteiger partial charge in [-0.25, -0.2) is 4.98 Å². The SMILES string of the molecule is Cc1[nH]c(C=O)nc1-c1c[nH]c2ccccc12. The Bertz CT molecular complexity index is 694. The molecule has 0 spiro atoms. The molecule has 0 fully saturated rings. The zero-order valence-corrected chi connectivity index (χ0v) is 9.32. The summed E-state index contributed by atoms with van der Waals surface area (Å²) in [4.78, 5) is 21.1. The molecule has 3 aromatic rings. The summed E-state index contributed by atoms with van der Waals surface area (Å²) in [6.45, 7) is 1.91. The number of aldehydes is 1. The fourth-order valence-electron chi connectivity index (χ4n) is 2.07. The van der Waals surface area contributed by atoms with E-state index in [0.717, 1.165) is 34.1 Å². The first-order valence-electron chi connectivity index (χ1n) is 5.38. The first-order valence-corrected chi connectivity index (χ1v) is 5.38. The molecule has 17 heavy (non-hydrogen) atoms. The highest BCUT2D eigenvalue weighted by atomic mass is 16.1. The molecule has 2 heterocycles. The van der Waals surface area contributed by atoms with Crippen LogP contribution in [-0.2, 0) is 0 Å². The van der Waals surface area contributed by atoms with E-state index in [0.29, 0.717) is 5.82 Å². The van der Waals surface area contributed by atoms with Crippen molar-refractivity contribution in [1.29, 1.82) is 0 Å². The number of rotatable bonds is 2. The number of benzene rings is 1. The molecule has 2 aromatic heterocycles. The number of carbonyl (C=O) groups excluding carboxylic acids is 1. The summed E-state index contributed by atoms with van der Waals surface area (Å²) < 4.78 is 0. The van der Waals surface area contributed by atoms with Crippen molar-refractivity contribution in [2.75, 3.05) is 0 Å². The van der Waals surface area contributed by atoms with Gasteiger partial charge in [-0.15, -0.1) is 0 Å². The highest BCUT2D eigenvalue weighted by Gasteiger charge is 2.12. The fraction of sp³-hybridized carbons (Fsp3) is 0.0769. The number of aryl methyl sites for hydroxylation is 1. The van der Waals surface area contributed by atoms with Crippen molar-refractivity contribution in [3.8, 4) is 11.3 Å². The molecule has 0 radical (unpaired) electrons. The molecule has 0 unspecified atom stereocenters. The lowest BCUT2D eigenvalue weighted by atomic mass is 10.1. The minimum Gasteiger partial charge on any atom is -0.360 e. The number of fused-ring (bicyclic) bond motifs is 1. The minimum absolute atomic E-state index is 0.364. The Kier molecular flexibility index (Phi) is 2.08. The fourth-order valence-corrected chi connectivity index (χ4v) is 2.07. The van der Waals surface area contributed by atoms with Crippen LogP contribution < -0.4 is 0 Å². The van der Waals surface area contributed by atoms with Crippen molar-refractivity contribution < 1.29 is 4.79 Å². The van der Waals surface area contributed by atoms with Gasteiger partial charge in [-0.2, -0.15) is 0 Å². The number of hydrogen-bond donors (Lipinski definition) is 2. The molecular formula is C13H11N3O. The molecular weight excluding hydrogens is 214 g/mol. The predicted octanol–water partition coefficient (Wildman–Crippen LogP) is 2.68. The van der Waals surface area contributed by atoms with Gasteiger partial charge in [0.2, 0.25) is 0 Å². The second-order valence-corrected chi connectivity index (χ2v) is 3.96. The van der Waals surface area contributed by atoms with Crippen LogP contribution in [0.1, 0.15) is 16.3 Å². The lowest BCUT2D eigenvalue weighted by Gasteiger charge is -1.95. The number of aromatic nitrogens is 3. The third kappa shape index (κ3) is 1.45. The molecule has 3 rings (SSSR count). The van der Waals surface area contributed by atoms with E-state index in [1.807, 2.05) is 37.4 Å². The topological polar surface area (TPSA) is 61.5 Å². The van der Waals surface area contributed by atoms with Crippen LogP contribution in [0.4, 0.5) is 0 Å². The van der Waals surface area contributed by atoms with Crippen molar-refractivity contribution in [2.24, 2.45) is 0 Å². The summed E-state index contributed by atoms with van der Waals surface area (Å²) in [5.41, 5.74) is 3.81. The normalized spacial score (nSPS) is 10.9. The number of nitrogens with one attached hydrogen (secondary N) is 2. The Morgan fingerprint density at radius 3 is 2.88 bits per heavy atom. The molecule has 0 aliphatic rings. The lowest BCUT2D eigenvalue weighted by molar-refractivity contribution is 0.111. The average molecular weight is 225 g/mol. The molecule has 0 saturated carbocycles. The minimum atomic E-state index is 0.364. The molecule has 2 N–H and O–H groups in total. The van der Waals surface area contributed by atoms with Crippen molar-refractivity contribution in [3.05, 3.63) is 42.0 Å². The summed E-state index contributed by atoms with van der Waals surface area (Å²) >= 11 is 0. The van der Waals surface area contributed by atoms with Crippen LogP contribution in [0.25, 0.3) is 22.2 Å². The number of imidazole rings is 1. The molecule has 0 atom stereocenters. The van der Waals surface area contributed by atoms with Gasteiger partial charge < -0.3 is 9.97 Å². The van der Waals surface area contributed by atoms with Gasteiger partial charge in [0.15, 0.2) is 12.1 Å². The lowest BCUT2D eigenvalue weighted by Crippen LogP contribution is -1.81. The van der Waals surface area contributed by atoms with Crippen LogP contribution in [0, 0.1) is 6.92 Å². The molecule has 84 valence electrons. The molecule has 0 aliphatic heterocycles. The monoisotopic (exact) mass is 225 g/mol. The van der Waals surface area contributed by atoms with E-state index in [1.165, 1.54) is 0 Å². The van der Waals surface area contributed by atoms with Crippen molar-refractivity contribution in [1.82, 2.24) is 15.0 Å². The largest absolute Gasteiger partial charge is 0.360 e. The van der Waals surface area contributed by atoms with Gasteiger partial charge in [-0.3, -0.25) is 4.79 Å². The van der Waals surface area contributed by atoms with Crippen molar-refractivity contribution in [3.63, 3.8) is 0 Å². The first kappa shape index (κ1) is 9.84. The van der Waals surface area contributed by atoms with Crippen molar-refractivity contribution in [2.45, 2.75) is 6.92 Å². The number of H-pyrrole nitrogens is 2. The number of para-hydroxylation sites is 1. The van der Waals surface area contributed by atoms with Crippen LogP contribution in [0.15, 0.2) is 30.5 Å². The van der Waals surface area contributed by atoms with Gasteiger partial charge in [0.1, 0.15) is 0 Å². The van der Waals surface area contributed by atoms with Crippen LogP contribution in [0.3, 0.4) is 0 Å². The first-order chi connectivity index (χ1) is 8.29. The number of hydrogen-bond acceptors (Lipinski definition) is 2. The van der Waals surface area contributed by atoms with E-state index in [1.54, 1.807) is 0 Å². The zero-order valence-electron chi connectivity index (χ0n) is 9.32. The Hall–Kier alpha value is -2.36. The van der Waals surface area contributed by atoms with Gasteiger partial charge in [-0.1, -0.05) is 18.2 Å². The standard InChI is InChI=1S/C13H11N3O/c1-8-13(16-12(7-17)15-8)10-6-14-11-5-3-2-4-9(10)11/h2-7,14H,1H3,(H,15,16). The smallest absolute Gasteiger partial charge is 0.185 e. The molecule has 1 aromatic carbocycles. The highest BCUT2D eigenvalue weighted by Crippen LogP contribution is 2.28. The average Bonchev–Trinajstić information content (AvgIpc) is 2.92. The Morgan fingerprint density at radius 2 is 2.12 bits per heavy atom. The maximum absolute atomic E-state index is 10.7. The summed E-state index contributed by atoms with van der Waals surface area (Å²) in [5, 5.41) is 1.11. The van der Waals surface area contributed by atoms with Crippen LogP contribution in [0.5, 0.6) is 0 Å². The summed E-state index contributed by atoms with van der Waals surface area (Å²) in [5.74, 6) is 0.364. The summed E-state index contributed by atoms with van der Waals surface area (Å²) in [7, 11) is 0. The Labute approximate surface area is 97.7 Å². The number of nitrogens with zero attached hydrogens (tertiary/aromatic N) is 1. The molecule has 0 saturated heterocycles. The van der Waals surface area contributed by atoms with E-state index < -0.39 is 0 Å². The van der Waals surface area contributed by atoms with E-state index >= 15 is 0 Å². The second-order valence-electron chi connectivity index (χ2n) is 3.96. The van der Waals surface area contributed by atoms with Gasteiger partial charge in [0, 0.05) is 28.4 Å². The van der Waals surface area contributed by atoms with Crippen LogP contribution in [0.2, 0.25) is 0 Å². The van der Waals surface area contributed by atoms with E-state index in [2.05, 4.69) is 15.0 Å². The zero-order chi connectivity index (χ0) is 11.8. The summed E-state index contributed by atoms with van der Waals surface area (Å²) in [6, 6.07) is 8.02. The molecule has 0 aliphatic carbocycles. The molecule has 4 nitrogen and oxygen atoms in total. The van der Waals surface area contributed by atoms with Crippen LogP contribution in [-0.4, -0.2) is 21.2 Å². The third-order valence-corrected chi connectivity index (χ3v) is 2.86. The van der Waals surface area contributed by atoms with Gasteiger partial charge in [-0.05, 0) is 13.0 Å². The van der Waals surface area contributed by atoms with Crippen molar-refractivity contribution >= 4 is 17.2 Å². The molecule has 4 heteroatoms. The quantitative estimate of drug-likeness (QED) is 0.658. The maximum atomic E-state index is 10.7. The van der Waals surface area contributed by atoms with Gasteiger partial charge in [0.25, 0.3) is 0 Å². The molecule has 0 amide bonds. The third-order valence-electron chi connectivity index (χ3n) is 2.86. The Morgan fingerprint density at radius 1 is 1.29 bits per heavy atom. The van der Waals surface area contributed by atoms with Gasteiger partial charge >= 0.3 is 0 Å². The Balaban J connectivity index is 2.26. The van der Waals surface area contributed by atoms with E-state index in [4.69, 9.17) is 0 Å². The second kappa shape index (κ2) is 3.59. The van der Waals surface area contributed by atoms with Crippen LogP contribution >= 0.6 is 0 Å². The maximum Gasteiger partial charge on any atom is 0.185 e. The number of carbonyl (C=O) groups is 1. The van der Waals surface area contributed by atoms with Gasteiger partial charge in [0.05, 0.1) is 5.69 Å². The predicted molar refractivity (Wildman–Crippen MR) is 66.0 cm³/mol. The van der Waals surface area contributed by atoms with E-state index in [-0.39, 0.29) is 0 Å². The van der Waals surface area contributed by atoms with E-state index in [9.17, 15) is 4.79 Å². The molecule has 0 bridgehead atoms. The highest BCUT2D eigenvalue weighted by molar-refractivity contribution is 5.95. The number of aromatic amines is 2. The summed E-state index contributed by atoms with van der Waals surface area (Å²) in [6.07, 6.45) is 2.65.